The first-order valence-corrected chi connectivity index (χ1v) is 8.68. The highest BCUT2D eigenvalue weighted by Crippen LogP contribution is 2.50. The van der Waals surface area contributed by atoms with Crippen LogP contribution in [0.4, 0.5) is 0 Å². The van der Waals surface area contributed by atoms with Crippen LogP contribution < -0.4 is 11.5 Å². The van der Waals surface area contributed by atoms with E-state index in [0.29, 0.717) is 13.1 Å². The van der Waals surface area contributed by atoms with Crippen molar-refractivity contribution in [1.82, 2.24) is 4.31 Å². The van der Waals surface area contributed by atoms with Crippen molar-refractivity contribution in [3.8, 4) is 0 Å². The lowest BCUT2D eigenvalue weighted by molar-refractivity contribution is 0.113. The third-order valence-corrected chi connectivity index (χ3v) is 7.58. The van der Waals surface area contributed by atoms with Crippen molar-refractivity contribution in [3.63, 3.8) is 0 Å². The van der Waals surface area contributed by atoms with Crippen molar-refractivity contribution in [1.29, 1.82) is 0 Å². The quantitative estimate of drug-likeness (QED) is 0.781. The Hall–Kier alpha value is -0.170. The standard InChI is InChI=1S/C13H27N3O2S/c1-11(2)12(3,14)6-7-13(11,15)10-16-8-4-5-9-19(16,17)18/h4-10,14-15H2,1-3H3/t12-,13+/m0/s1. The third-order valence-electron chi connectivity index (χ3n) is 5.67. The smallest absolute Gasteiger partial charge is 0.214 e. The van der Waals surface area contributed by atoms with Gasteiger partial charge in [0.05, 0.1) is 5.75 Å². The topological polar surface area (TPSA) is 89.4 Å². The van der Waals surface area contributed by atoms with Gasteiger partial charge in [-0.2, -0.15) is 0 Å². The van der Waals surface area contributed by atoms with Crippen molar-refractivity contribution in [2.75, 3.05) is 18.8 Å². The minimum Gasteiger partial charge on any atom is -0.325 e. The molecular weight excluding hydrogens is 262 g/mol. The molecule has 0 bridgehead atoms. The Balaban J connectivity index is 2.23. The van der Waals surface area contributed by atoms with E-state index in [4.69, 9.17) is 11.5 Å². The van der Waals surface area contributed by atoms with E-state index in [1.165, 1.54) is 0 Å². The van der Waals surface area contributed by atoms with Crippen LogP contribution in [0.3, 0.4) is 0 Å². The van der Waals surface area contributed by atoms with Crippen molar-refractivity contribution >= 4 is 10.0 Å². The Kier molecular flexibility index (Phi) is 3.54. The molecule has 1 saturated carbocycles. The molecule has 19 heavy (non-hydrogen) atoms. The van der Waals surface area contributed by atoms with E-state index < -0.39 is 15.6 Å². The molecule has 112 valence electrons. The molecule has 4 N–H and O–H groups in total. The summed E-state index contributed by atoms with van der Waals surface area (Å²) in [4.78, 5) is 0. The molecule has 5 nitrogen and oxygen atoms in total. The highest BCUT2D eigenvalue weighted by atomic mass is 32.2. The largest absolute Gasteiger partial charge is 0.325 e. The zero-order valence-corrected chi connectivity index (χ0v) is 13.1. The van der Waals surface area contributed by atoms with E-state index in [-0.39, 0.29) is 16.7 Å². The fraction of sp³-hybridized carbons (Fsp3) is 1.00. The van der Waals surface area contributed by atoms with Crippen LogP contribution in [0.15, 0.2) is 0 Å². The van der Waals surface area contributed by atoms with Crippen LogP contribution in [-0.4, -0.2) is 42.6 Å². The maximum Gasteiger partial charge on any atom is 0.214 e. The van der Waals surface area contributed by atoms with Gasteiger partial charge in [-0.3, -0.25) is 0 Å². The van der Waals surface area contributed by atoms with Crippen LogP contribution in [0.25, 0.3) is 0 Å². The minimum atomic E-state index is -3.12. The summed E-state index contributed by atoms with van der Waals surface area (Å²) in [7, 11) is -3.12. The first-order chi connectivity index (χ1) is 8.52. The predicted octanol–water partition coefficient (Wildman–Crippen LogP) is 0.647. The predicted molar refractivity (Wildman–Crippen MR) is 77.1 cm³/mol. The molecule has 0 aromatic carbocycles. The van der Waals surface area contributed by atoms with Crippen molar-refractivity contribution in [2.45, 2.75) is 57.5 Å². The number of sulfonamides is 1. The summed E-state index contributed by atoms with van der Waals surface area (Å²) in [6.45, 7) is 7.15. The molecule has 0 amide bonds. The minimum absolute atomic E-state index is 0.253. The number of rotatable bonds is 2. The Bertz CT molecular complexity index is 459. The van der Waals surface area contributed by atoms with Crippen LogP contribution in [0.1, 0.15) is 46.5 Å². The first kappa shape index (κ1) is 15.2. The van der Waals surface area contributed by atoms with Gasteiger partial charge >= 0.3 is 0 Å². The van der Waals surface area contributed by atoms with E-state index in [1.54, 1.807) is 4.31 Å². The average Bonchev–Trinajstić information content (AvgIpc) is 2.43. The monoisotopic (exact) mass is 289 g/mol. The summed E-state index contributed by atoms with van der Waals surface area (Å²) in [5.41, 5.74) is 11.8. The van der Waals surface area contributed by atoms with Crippen molar-refractivity contribution in [3.05, 3.63) is 0 Å². The van der Waals surface area contributed by atoms with E-state index >= 15 is 0 Å². The first-order valence-electron chi connectivity index (χ1n) is 7.08. The summed E-state index contributed by atoms with van der Waals surface area (Å²) < 4.78 is 25.8. The van der Waals surface area contributed by atoms with Gasteiger partial charge in [-0.25, -0.2) is 12.7 Å². The zero-order valence-electron chi connectivity index (χ0n) is 12.3. The van der Waals surface area contributed by atoms with Gasteiger partial charge in [0.25, 0.3) is 0 Å². The van der Waals surface area contributed by atoms with Gasteiger partial charge in [0.2, 0.25) is 10.0 Å². The van der Waals surface area contributed by atoms with Crippen LogP contribution in [0.5, 0.6) is 0 Å². The lowest BCUT2D eigenvalue weighted by Gasteiger charge is -2.47. The molecular formula is C13H27N3O2S. The number of nitrogens with zero attached hydrogens (tertiary/aromatic N) is 1. The average molecular weight is 289 g/mol. The molecule has 2 fully saturated rings. The Morgan fingerprint density at radius 1 is 1.11 bits per heavy atom. The van der Waals surface area contributed by atoms with Crippen LogP contribution >= 0.6 is 0 Å². The summed E-state index contributed by atoms with van der Waals surface area (Å²) >= 11 is 0. The zero-order chi connectivity index (χ0) is 14.5. The van der Waals surface area contributed by atoms with Gasteiger partial charge < -0.3 is 11.5 Å². The highest BCUT2D eigenvalue weighted by Gasteiger charge is 2.58. The van der Waals surface area contributed by atoms with Crippen LogP contribution in [0.2, 0.25) is 0 Å². The lowest BCUT2D eigenvalue weighted by Crippen LogP contribution is -2.64. The second-order valence-electron chi connectivity index (χ2n) is 7.06. The normalized spacial score (nSPS) is 42.4. The summed E-state index contributed by atoms with van der Waals surface area (Å²) in [5.74, 6) is 0.253. The summed E-state index contributed by atoms with van der Waals surface area (Å²) in [6, 6.07) is 0. The number of nitrogens with two attached hydrogens (primary N) is 2. The molecule has 2 aliphatic rings. The molecule has 0 spiro atoms. The molecule has 0 aromatic rings. The molecule has 0 radical (unpaired) electrons. The van der Waals surface area contributed by atoms with E-state index in [1.807, 2.05) is 6.92 Å². The van der Waals surface area contributed by atoms with Crippen LogP contribution in [0, 0.1) is 5.41 Å². The molecule has 0 aromatic heterocycles. The third kappa shape index (κ3) is 2.33. The van der Waals surface area contributed by atoms with Crippen molar-refractivity contribution in [2.24, 2.45) is 16.9 Å². The Labute approximate surface area is 116 Å². The molecule has 2 atom stereocenters. The second-order valence-corrected chi connectivity index (χ2v) is 9.14. The van der Waals surface area contributed by atoms with Gasteiger partial charge in [-0.05, 0) is 32.6 Å². The van der Waals surface area contributed by atoms with Crippen molar-refractivity contribution < 1.29 is 8.42 Å². The number of hydrogen-bond acceptors (Lipinski definition) is 4. The summed E-state index contributed by atoms with van der Waals surface area (Å²) in [5, 5.41) is 0. The van der Waals surface area contributed by atoms with Gasteiger partial charge in [-0.1, -0.05) is 13.8 Å². The SMILES string of the molecule is CC1(C)[C@](N)(CN2CCCCS2(=O)=O)CC[C@]1(C)N. The van der Waals surface area contributed by atoms with Gasteiger partial charge in [0.15, 0.2) is 0 Å². The summed E-state index contributed by atoms with van der Waals surface area (Å²) in [6.07, 6.45) is 3.30. The second kappa shape index (κ2) is 4.41. The molecule has 1 heterocycles. The molecule has 0 unspecified atom stereocenters. The van der Waals surface area contributed by atoms with Gasteiger partial charge in [0, 0.05) is 29.6 Å². The van der Waals surface area contributed by atoms with Crippen LogP contribution in [-0.2, 0) is 10.0 Å². The fourth-order valence-electron chi connectivity index (χ4n) is 3.29. The van der Waals surface area contributed by atoms with E-state index in [9.17, 15) is 8.42 Å². The Morgan fingerprint density at radius 2 is 1.74 bits per heavy atom. The number of hydrogen-bond donors (Lipinski definition) is 2. The maximum atomic E-state index is 12.1. The molecule has 1 saturated heterocycles. The van der Waals surface area contributed by atoms with E-state index in [2.05, 4.69) is 13.8 Å². The lowest BCUT2D eigenvalue weighted by atomic mass is 9.68. The molecule has 1 aliphatic carbocycles. The fourth-order valence-corrected chi connectivity index (χ4v) is 4.95. The maximum absolute atomic E-state index is 12.1. The molecule has 2 rings (SSSR count). The van der Waals surface area contributed by atoms with Gasteiger partial charge in [0.1, 0.15) is 0 Å². The Morgan fingerprint density at radius 3 is 2.21 bits per heavy atom. The van der Waals surface area contributed by atoms with Gasteiger partial charge in [-0.15, -0.1) is 0 Å². The molecule has 6 heteroatoms. The molecule has 1 aliphatic heterocycles. The highest BCUT2D eigenvalue weighted by molar-refractivity contribution is 7.89. The van der Waals surface area contributed by atoms with E-state index in [0.717, 1.165) is 25.7 Å².